The van der Waals surface area contributed by atoms with Crippen LogP contribution in [-0.2, 0) is 19.6 Å². The summed E-state index contributed by atoms with van der Waals surface area (Å²) in [6, 6.07) is 21.2. The van der Waals surface area contributed by atoms with Crippen molar-refractivity contribution in [2.75, 3.05) is 21.5 Å². The van der Waals surface area contributed by atoms with E-state index in [-0.39, 0.29) is 10.8 Å². The van der Waals surface area contributed by atoms with Crippen LogP contribution in [0.2, 0.25) is 0 Å². The van der Waals surface area contributed by atoms with E-state index in [9.17, 15) is 18.0 Å². The van der Waals surface area contributed by atoms with Gasteiger partial charge < -0.3 is 10.6 Å². The molecule has 3 aromatic carbocycles. The number of anilines is 3. The fraction of sp³-hybridized carbons (Fsp3) is 0.0909. The predicted molar refractivity (Wildman–Crippen MR) is 124 cm³/mol. The van der Waals surface area contributed by atoms with Crippen LogP contribution in [0.15, 0.2) is 88.2 Å². The van der Waals surface area contributed by atoms with E-state index >= 15 is 0 Å². The average molecular weight is 502 g/mol. The molecule has 3 rings (SSSR count). The molecule has 0 radical (unpaired) electrons. The third-order valence-corrected chi connectivity index (χ3v) is 6.46. The van der Waals surface area contributed by atoms with Gasteiger partial charge in [-0.1, -0.05) is 46.3 Å². The Labute approximate surface area is 189 Å². The highest BCUT2D eigenvalue weighted by molar-refractivity contribution is 9.10. The van der Waals surface area contributed by atoms with Gasteiger partial charge in [0.25, 0.3) is 10.0 Å². The molecule has 2 N–H and O–H groups in total. The lowest BCUT2D eigenvalue weighted by molar-refractivity contribution is -0.115. The molecule has 31 heavy (non-hydrogen) atoms. The van der Waals surface area contributed by atoms with Gasteiger partial charge >= 0.3 is 0 Å². The van der Waals surface area contributed by atoms with Gasteiger partial charge in [0.1, 0.15) is 6.54 Å². The number of amides is 2. The van der Waals surface area contributed by atoms with Crippen molar-refractivity contribution in [2.24, 2.45) is 0 Å². The van der Waals surface area contributed by atoms with Crippen LogP contribution >= 0.6 is 15.9 Å². The fourth-order valence-corrected chi connectivity index (χ4v) is 4.70. The van der Waals surface area contributed by atoms with Gasteiger partial charge in [-0.15, -0.1) is 0 Å². The van der Waals surface area contributed by atoms with E-state index in [4.69, 9.17) is 0 Å². The number of sulfonamides is 1. The number of rotatable bonds is 7. The molecule has 0 aromatic heterocycles. The molecule has 160 valence electrons. The summed E-state index contributed by atoms with van der Waals surface area (Å²) in [5, 5.41) is 5.32. The van der Waals surface area contributed by atoms with Gasteiger partial charge in [0.15, 0.2) is 0 Å². The van der Waals surface area contributed by atoms with Crippen molar-refractivity contribution in [2.45, 2.75) is 11.8 Å². The first-order chi connectivity index (χ1) is 14.8. The summed E-state index contributed by atoms with van der Waals surface area (Å²) >= 11 is 3.34. The number of nitrogens with one attached hydrogen (secondary N) is 2. The molecule has 7 nitrogen and oxygen atoms in total. The smallest absolute Gasteiger partial charge is 0.264 e. The monoisotopic (exact) mass is 501 g/mol. The summed E-state index contributed by atoms with van der Waals surface area (Å²) in [4.78, 5) is 24.1. The highest BCUT2D eigenvalue weighted by Crippen LogP contribution is 2.26. The number of carbonyl (C=O) groups is 2. The molecule has 3 aromatic rings. The Morgan fingerprint density at radius 3 is 2.16 bits per heavy atom. The maximum atomic E-state index is 13.3. The maximum Gasteiger partial charge on any atom is 0.264 e. The quantitative estimate of drug-likeness (QED) is 0.505. The molecule has 0 bridgehead atoms. The first kappa shape index (κ1) is 22.5. The molecule has 0 unspecified atom stereocenters. The zero-order valence-corrected chi connectivity index (χ0v) is 19.0. The second-order valence-corrected chi connectivity index (χ2v) is 9.39. The first-order valence-corrected chi connectivity index (χ1v) is 11.5. The van der Waals surface area contributed by atoms with Gasteiger partial charge in [-0.2, -0.15) is 0 Å². The van der Waals surface area contributed by atoms with Crippen LogP contribution in [0.4, 0.5) is 17.1 Å². The number of hydrogen-bond acceptors (Lipinski definition) is 4. The Morgan fingerprint density at radius 1 is 0.871 bits per heavy atom. The van der Waals surface area contributed by atoms with Gasteiger partial charge in [0, 0.05) is 22.8 Å². The minimum Gasteiger partial charge on any atom is -0.326 e. The first-order valence-electron chi connectivity index (χ1n) is 9.26. The fourth-order valence-electron chi connectivity index (χ4n) is 2.87. The van der Waals surface area contributed by atoms with Crippen LogP contribution < -0.4 is 14.9 Å². The number of carbonyl (C=O) groups excluding carboxylic acids is 2. The van der Waals surface area contributed by atoms with Crippen LogP contribution in [0.5, 0.6) is 0 Å². The molecule has 0 saturated heterocycles. The molecular formula is C22H20BrN3O4S. The maximum absolute atomic E-state index is 13.3. The minimum atomic E-state index is -3.99. The van der Waals surface area contributed by atoms with Crippen LogP contribution in [0, 0.1) is 0 Å². The van der Waals surface area contributed by atoms with Crippen molar-refractivity contribution < 1.29 is 18.0 Å². The van der Waals surface area contributed by atoms with E-state index in [2.05, 4.69) is 26.6 Å². The number of benzene rings is 3. The van der Waals surface area contributed by atoms with Gasteiger partial charge in [0.05, 0.1) is 10.6 Å². The predicted octanol–water partition coefficient (Wildman–Crippen LogP) is 4.24. The lowest BCUT2D eigenvalue weighted by Gasteiger charge is -2.24. The topological polar surface area (TPSA) is 95.6 Å². The Hall–Kier alpha value is -3.17. The van der Waals surface area contributed by atoms with Gasteiger partial charge in [-0.25, -0.2) is 8.42 Å². The second kappa shape index (κ2) is 9.76. The number of nitrogens with zero attached hydrogens (tertiary/aromatic N) is 1. The molecular weight excluding hydrogens is 482 g/mol. The van der Waals surface area contributed by atoms with Crippen molar-refractivity contribution in [1.29, 1.82) is 0 Å². The van der Waals surface area contributed by atoms with Crippen LogP contribution in [-0.4, -0.2) is 26.8 Å². The molecule has 0 fully saturated rings. The van der Waals surface area contributed by atoms with Crippen molar-refractivity contribution in [3.05, 3.63) is 83.3 Å². The van der Waals surface area contributed by atoms with E-state index in [0.29, 0.717) is 21.5 Å². The highest BCUT2D eigenvalue weighted by Gasteiger charge is 2.27. The summed E-state index contributed by atoms with van der Waals surface area (Å²) in [5.74, 6) is -0.766. The third-order valence-electron chi connectivity index (χ3n) is 4.18. The van der Waals surface area contributed by atoms with E-state index in [0.717, 1.165) is 4.31 Å². The standard InChI is InChI=1S/C22H20BrN3O4S/c1-16(27)24-18-8-6-9-19(14-18)25-22(28)15-26(20-10-5-7-17(23)13-20)31(29,30)21-11-3-2-4-12-21/h2-14H,15H2,1H3,(H,24,27)(H,25,28). The highest BCUT2D eigenvalue weighted by atomic mass is 79.9. The van der Waals surface area contributed by atoms with Crippen LogP contribution in [0.25, 0.3) is 0 Å². The third kappa shape index (κ3) is 5.93. The van der Waals surface area contributed by atoms with Crippen molar-refractivity contribution in [3.8, 4) is 0 Å². The Morgan fingerprint density at radius 2 is 1.52 bits per heavy atom. The summed E-state index contributed by atoms with van der Waals surface area (Å²) in [6.45, 7) is 0.952. The molecule has 0 atom stereocenters. The lowest BCUT2D eigenvalue weighted by Crippen LogP contribution is -2.38. The number of hydrogen-bond donors (Lipinski definition) is 2. The van der Waals surface area contributed by atoms with E-state index in [1.807, 2.05) is 0 Å². The molecule has 2 amide bonds. The summed E-state index contributed by atoms with van der Waals surface area (Å²) in [6.07, 6.45) is 0. The lowest BCUT2D eigenvalue weighted by atomic mass is 10.2. The largest absolute Gasteiger partial charge is 0.326 e. The van der Waals surface area contributed by atoms with Crippen LogP contribution in [0.1, 0.15) is 6.92 Å². The molecule has 0 heterocycles. The Bertz CT molecular complexity index is 1200. The van der Waals surface area contributed by atoms with Crippen LogP contribution in [0.3, 0.4) is 0 Å². The van der Waals surface area contributed by atoms with E-state index < -0.39 is 22.5 Å². The Kier molecular flexibility index (Phi) is 7.09. The molecule has 0 saturated carbocycles. The molecule has 9 heteroatoms. The molecule has 0 aliphatic rings. The van der Waals surface area contributed by atoms with Gasteiger partial charge in [0.2, 0.25) is 11.8 Å². The normalized spacial score (nSPS) is 10.9. The summed E-state index contributed by atoms with van der Waals surface area (Å²) < 4.78 is 28.3. The van der Waals surface area contributed by atoms with E-state index in [1.165, 1.54) is 19.1 Å². The zero-order chi connectivity index (χ0) is 22.4. The SMILES string of the molecule is CC(=O)Nc1cccc(NC(=O)CN(c2cccc(Br)c2)S(=O)(=O)c2ccccc2)c1. The van der Waals surface area contributed by atoms with Crippen molar-refractivity contribution in [1.82, 2.24) is 0 Å². The summed E-state index contributed by atoms with van der Waals surface area (Å²) in [7, 11) is -3.99. The molecule has 0 aliphatic carbocycles. The van der Waals surface area contributed by atoms with E-state index in [1.54, 1.807) is 66.7 Å². The van der Waals surface area contributed by atoms with Gasteiger partial charge in [-0.3, -0.25) is 13.9 Å². The van der Waals surface area contributed by atoms with Crippen molar-refractivity contribution in [3.63, 3.8) is 0 Å². The molecule has 0 aliphatic heterocycles. The average Bonchev–Trinajstić information content (AvgIpc) is 2.72. The minimum absolute atomic E-state index is 0.0791. The van der Waals surface area contributed by atoms with Gasteiger partial charge in [-0.05, 0) is 48.5 Å². The summed E-state index contributed by atoms with van der Waals surface area (Å²) in [5.41, 5.74) is 1.30. The zero-order valence-electron chi connectivity index (χ0n) is 16.6. The number of halogens is 1. The molecule has 0 spiro atoms. The van der Waals surface area contributed by atoms with Crippen molar-refractivity contribution >= 4 is 54.8 Å². The second-order valence-electron chi connectivity index (χ2n) is 6.61. The Balaban J connectivity index is 1.89.